The second-order valence-electron chi connectivity index (χ2n) is 7.76. The summed E-state index contributed by atoms with van der Waals surface area (Å²) in [5.74, 6) is 0.416. The van der Waals surface area contributed by atoms with Gasteiger partial charge in [0.1, 0.15) is 5.54 Å². The number of amides is 2. The lowest BCUT2D eigenvalue weighted by atomic mass is 9.83. The van der Waals surface area contributed by atoms with Gasteiger partial charge in [0.2, 0.25) is 11.8 Å². The Morgan fingerprint density at radius 3 is 2.65 bits per heavy atom. The normalized spacial score (nSPS) is 25.3. The van der Waals surface area contributed by atoms with Gasteiger partial charge in [-0.3, -0.25) is 9.59 Å². The van der Waals surface area contributed by atoms with Crippen LogP contribution in [0.2, 0.25) is 0 Å². The predicted molar refractivity (Wildman–Crippen MR) is 102 cm³/mol. The number of anilines is 2. The van der Waals surface area contributed by atoms with Crippen molar-refractivity contribution in [1.29, 1.82) is 0 Å². The third-order valence-corrected chi connectivity index (χ3v) is 6.21. The van der Waals surface area contributed by atoms with Crippen molar-refractivity contribution in [3.8, 4) is 0 Å². The first-order valence-electron chi connectivity index (χ1n) is 9.81. The number of fused-ring (bicyclic) bond motifs is 1. The predicted octanol–water partition coefficient (Wildman–Crippen LogP) is 2.14. The molecule has 0 aliphatic carbocycles. The smallest absolute Gasteiger partial charge is 0.250 e. The summed E-state index contributed by atoms with van der Waals surface area (Å²) >= 11 is 0. The maximum absolute atomic E-state index is 12.9. The molecule has 3 heterocycles. The van der Waals surface area contributed by atoms with Crippen LogP contribution in [-0.2, 0) is 9.59 Å². The van der Waals surface area contributed by atoms with Crippen molar-refractivity contribution in [2.24, 2.45) is 5.92 Å². The minimum Gasteiger partial charge on any atom is -0.369 e. The lowest BCUT2D eigenvalue weighted by Gasteiger charge is -2.45. The summed E-state index contributed by atoms with van der Waals surface area (Å²) in [7, 11) is 0. The number of hydrogen-bond acceptors (Lipinski definition) is 4. The third kappa shape index (κ3) is 3.07. The van der Waals surface area contributed by atoms with Crippen LogP contribution in [0.5, 0.6) is 0 Å². The van der Waals surface area contributed by atoms with Crippen LogP contribution in [0.3, 0.4) is 0 Å². The van der Waals surface area contributed by atoms with Gasteiger partial charge in [-0.05, 0) is 50.9 Å². The number of rotatable bonds is 2. The molecule has 4 rings (SSSR count). The molecule has 6 heteroatoms. The molecule has 0 radical (unpaired) electrons. The maximum Gasteiger partial charge on any atom is 0.250 e. The molecular formula is C20H28N4O2. The fourth-order valence-electron chi connectivity index (χ4n) is 4.52. The standard InChI is InChI=1S/C20H28N4O2/c1-2-23-11-5-6-15(14-23)18(25)24-12-9-20(10-13-24)19(26)21-16-7-3-4-8-17(16)22-20/h3-4,7-8,15,22H,2,5-6,9-14H2,1H3,(H,21,26)/t15-/m0/s1. The molecule has 3 aliphatic rings. The number of piperidine rings is 2. The molecule has 0 aromatic heterocycles. The Hall–Kier alpha value is -2.08. The van der Waals surface area contributed by atoms with E-state index in [0.717, 1.165) is 43.9 Å². The van der Waals surface area contributed by atoms with Crippen LogP contribution in [0, 0.1) is 5.92 Å². The molecule has 3 aliphatic heterocycles. The van der Waals surface area contributed by atoms with Crippen LogP contribution >= 0.6 is 0 Å². The first-order valence-corrected chi connectivity index (χ1v) is 9.81. The van der Waals surface area contributed by atoms with E-state index in [4.69, 9.17) is 0 Å². The van der Waals surface area contributed by atoms with Gasteiger partial charge >= 0.3 is 0 Å². The molecule has 0 unspecified atom stereocenters. The zero-order valence-electron chi connectivity index (χ0n) is 15.5. The largest absolute Gasteiger partial charge is 0.369 e. The van der Waals surface area contributed by atoms with E-state index in [1.807, 2.05) is 29.2 Å². The van der Waals surface area contributed by atoms with E-state index >= 15 is 0 Å². The van der Waals surface area contributed by atoms with E-state index in [2.05, 4.69) is 22.5 Å². The number of carbonyl (C=O) groups is 2. The van der Waals surface area contributed by atoms with Gasteiger partial charge in [-0.25, -0.2) is 0 Å². The van der Waals surface area contributed by atoms with Crippen molar-refractivity contribution in [1.82, 2.24) is 9.80 Å². The molecule has 0 bridgehead atoms. The Bertz CT molecular complexity index is 697. The van der Waals surface area contributed by atoms with Gasteiger partial charge in [-0.2, -0.15) is 0 Å². The highest BCUT2D eigenvalue weighted by Crippen LogP contribution is 2.36. The Labute approximate surface area is 154 Å². The highest BCUT2D eigenvalue weighted by atomic mass is 16.2. The Morgan fingerprint density at radius 1 is 1.19 bits per heavy atom. The molecule has 1 spiro atoms. The topological polar surface area (TPSA) is 64.7 Å². The Morgan fingerprint density at radius 2 is 1.92 bits per heavy atom. The molecular weight excluding hydrogens is 328 g/mol. The number of para-hydroxylation sites is 2. The highest BCUT2D eigenvalue weighted by molar-refractivity contribution is 6.06. The molecule has 2 N–H and O–H groups in total. The minimum atomic E-state index is -0.590. The SMILES string of the molecule is CCN1CCC[C@H](C(=O)N2CCC3(CC2)Nc2ccccc2NC3=O)C1. The van der Waals surface area contributed by atoms with Gasteiger partial charge in [0.25, 0.3) is 0 Å². The number of nitrogens with one attached hydrogen (secondary N) is 2. The fourth-order valence-corrected chi connectivity index (χ4v) is 4.52. The van der Waals surface area contributed by atoms with Crippen molar-refractivity contribution in [2.45, 2.75) is 38.1 Å². The van der Waals surface area contributed by atoms with Gasteiger partial charge in [0, 0.05) is 19.6 Å². The number of hydrogen-bond donors (Lipinski definition) is 2. The second kappa shape index (κ2) is 6.91. The summed E-state index contributed by atoms with van der Waals surface area (Å²) in [4.78, 5) is 30.0. The highest BCUT2D eigenvalue weighted by Gasteiger charge is 2.45. The summed E-state index contributed by atoms with van der Waals surface area (Å²) in [6, 6.07) is 7.80. The number of carbonyl (C=O) groups excluding carboxylic acids is 2. The van der Waals surface area contributed by atoms with Gasteiger partial charge in [-0.1, -0.05) is 19.1 Å². The van der Waals surface area contributed by atoms with E-state index in [1.54, 1.807) is 0 Å². The van der Waals surface area contributed by atoms with E-state index in [0.29, 0.717) is 25.9 Å². The monoisotopic (exact) mass is 356 g/mol. The van der Waals surface area contributed by atoms with E-state index < -0.39 is 5.54 Å². The molecule has 26 heavy (non-hydrogen) atoms. The average Bonchev–Trinajstić information content (AvgIpc) is 2.69. The average molecular weight is 356 g/mol. The summed E-state index contributed by atoms with van der Waals surface area (Å²) in [5.41, 5.74) is 1.22. The van der Waals surface area contributed by atoms with Crippen LogP contribution in [-0.4, -0.2) is 59.9 Å². The maximum atomic E-state index is 12.9. The molecule has 6 nitrogen and oxygen atoms in total. The van der Waals surface area contributed by atoms with E-state index in [1.165, 1.54) is 0 Å². The zero-order chi connectivity index (χ0) is 18.1. The molecule has 1 aromatic rings. The zero-order valence-corrected chi connectivity index (χ0v) is 15.5. The Balaban J connectivity index is 1.41. The van der Waals surface area contributed by atoms with E-state index in [-0.39, 0.29) is 17.7 Å². The van der Waals surface area contributed by atoms with Crippen molar-refractivity contribution in [3.63, 3.8) is 0 Å². The molecule has 0 saturated carbocycles. The third-order valence-electron chi connectivity index (χ3n) is 6.21. The van der Waals surface area contributed by atoms with Crippen molar-refractivity contribution >= 4 is 23.2 Å². The first-order chi connectivity index (χ1) is 12.6. The Kier molecular flexibility index (Phi) is 4.61. The number of benzene rings is 1. The minimum absolute atomic E-state index is 0.0260. The lowest BCUT2D eigenvalue weighted by molar-refractivity contribution is -0.140. The number of likely N-dealkylation sites (tertiary alicyclic amines) is 2. The van der Waals surface area contributed by atoms with Gasteiger partial charge in [-0.15, -0.1) is 0 Å². The van der Waals surface area contributed by atoms with Gasteiger partial charge in [0.15, 0.2) is 0 Å². The summed E-state index contributed by atoms with van der Waals surface area (Å²) < 4.78 is 0. The first kappa shape index (κ1) is 17.3. The van der Waals surface area contributed by atoms with Crippen molar-refractivity contribution < 1.29 is 9.59 Å². The molecule has 2 amide bonds. The summed E-state index contributed by atoms with van der Waals surface area (Å²) in [5, 5.41) is 6.49. The van der Waals surface area contributed by atoms with E-state index in [9.17, 15) is 9.59 Å². The molecule has 2 fully saturated rings. The molecule has 1 aromatic carbocycles. The van der Waals surface area contributed by atoms with Crippen LogP contribution in [0.25, 0.3) is 0 Å². The molecule has 140 valence electrons. The van der Waals surface area contributed by atoms with Crippen LogP contribution < -0.4 is 10.6 Å². The van der Waals surface area contributed by atoms with Crippen LogP contribution in [0.1, 0.15) is 32.6 Å². The lowest BCUT2D eigenvalue weighted by Crippen LogP contribution is -2.59. The fraction of sp³-hybridized carbons (Fsp3) is 0.600. The van der Waals surface area contributed by atoms with Gasteiger partial charge in [0.05, 0.1) is 17.3 Å². The van der Waals surface area contributed by atoms with Crippen LogP contribution in [0.15, 0.2) is 24.3 Å². The van der Waals surface area contributed by atoms with Crippen molar-refractivity contribution in [2.75, 3.05) is 43.4 Å². The van der Waals surface area contributed by atoms with Crippen molar-refractivity contribution in [3.05, 3.63) is 24.3 Å². The number of nitrogens with zero attached hydrogens (tertiary/aromatic N) is 2. The summed E-state index contributed by atoms with van der Waals surface area (Å²) in [6.45, 7) is 6.43. The second-order valence-corrected chi connectivity index (χ2v) is 7.76. The molecule has 1 atom stereocenters. The molecule has 2 saturated heterocycles. The van der Waals surface area contributed by atoms with Gasteiger partial charge < -0.3 is 20.4 Å². The van der Waals surface area contributed by atoms with Crippen LogP contribution in [0.4, 0.5) is 11.4 Å². The quantitative estimate of drug-likeness (QED) is 0.852. The summed E-state index contributed by atoms with van der Waals surface area (Å²) in [6.07, 6.45) is 3.40.